The van der Waals surface area contributed by atoms with Crippen LogP contribution in [-0.2, 0) is 4.79 Å². The molecule has 0 bridgehead atoms. The van der Waals surface area contributed by atoms with E-state index < -0.39 is 11.6 Å². The van der Waals surface area contributed by atoms with Gasteiger partial charge in [-0.3, -0.25) is 4.98 Å². The predicted molar refractivity (Wildman–Crippen MR) is 72.1 cm³/mol. The van der Waals surface area contributed by atoms with Gasteiger partial charge >= 0.3 is 5.97 Å². The van der Waals surface area contributed by atoms with E-state index in [1.54, 1.807) is 6.20 Å². The first-order chi connectivity index (χ1) is 8.99. The third kappa shape index (κ3) is 3.27. The predicted octanol–water partition coefficient (Wildman–Crippen LogP) is 1.45. The number of aliphatic carboxylic acids is 1. The number of nitrogens with one attached hydrogen (secondary N) is 1. The van der Waals surface area contributed by atoms with Crippen molar-refractivity contribution in [1.82, 2.24) is 9.97 Å². The largest absolute Gasteiger partial charge is 0.479 e. The summed E-state index contributed by atoms with van der Waals surface area (Å²) in [6.07, 6.45) is 3.11. The van der Waals surface area contributed by atoms with E-state index in [1.807, 2.05) is 17.5 Å². The maximum Gasteiger partial charge on any atom is 0.337 e. The van der Waals surface area contributed by atoms with Gasteiger partial charge in [0.15, 0.2) is 5.60 Å². The lowest BCUT2D eigenvalue weighted by Gasteiger charge is -2.18. The van der Waals surface area contributed by atoms with E-state index in [-0.39, 0.29) is 6.54 Å². The highest BCUT2D eigenvalue weighted by atomic mass is 32.1. The van der Waals surface area contributed by atoms with Gasteiger partial charge in [0.2, 0.25) is 0 Å². The number of carbonyl (C=O) groups is 1. The van der Waals surface area contributed by atoms with Crippen LogP contribution in [0, 0.1) is 0 Å². The first-order valence-corrected chi connectivity index (χ1v) is 6.42. The first kappa shape index (κ1) is 13.4. The van der Waals surface area contributed by atoms with Gasteiger partial charge < -0.3 is 15.5 Å². The lowest BCUT2D eigenvalue weighted by molar-refractivity contribution is -0.155. The van der Waals surface area contributed by atoms with E-state index in [2.05, 4.69) is 15.3 Å². The highest BCUT2D eigenvalue weighted by Gasteiger charge is 2.29. The van der Waals surface area contributed by atoms with Gasteiger partial charge in [-0.2, -0.15) is 0 Å². The molecular formula is C12H13N3O3S. The zero-order chi connectivity index (χ0) is 13.9. The fourth-order valence-electron chi connectivity index (χ4n) is 1.33. The number of anilines is 1. The van der Waals surface area contributed by atoms with Crippen LogP contribution >= 0.6 is 11.3 Å². The average Bonchev–Trinajstić information content (AvgIpc) is 2.90. The van der Waals surface area contributed by atoms with Crippen molar-refractivity contribution in [1.29, 1.82) is 0 Å². The van der Waals surface area contributed by atoms with Gasteiger partial charge in [0, 0.05) is 0 Å². The first-order valence-electron chi connectivity index (χ1n) is 5.54. The molecule has 2 heterocycles. The summed E-state index contributed by atoms with van der Waals surface area (Å²) in [6, 6.07) is 3.84. The summed E-state index contributed by atoms with van der Waals surface area (Å²) in [5.41, 5.74) is -1.14. The van der Waals surface area contributed by atoms with Crippen molar-refractivity contribution in [3.63, 3.8) is 0 Å². The maximum atomic E-state index is 10.8. The number of rotatable bonds is 5. The second kappa shape index (κ2) is 5.33. The van der Waals surface area contributed by atoms with Gasteiger partial charge in [0.1, 0.15) is 11.5 Å². The van der Waals surface area contributed by atoms with Crippen molar-refractivity contribution in [2.24, 2.45) is 0 Å². The number of carboxylic acids is 1. The van der Waals surface area contributed by atoms with Crippen molar-refractivity contribution < 1.29 is 15.0 Å². The molecular weight excluding hydrogens is 266 g/mol. The number of aromatic nitrogens is 2. The minimum absolute atomic E-state index is 0.148. The fraction of sp³-hybridized carbons (Fsp3) is 0.250. The second-order valence-corrected chi connectivity index (χ2v) is 5.15. The number of thiophene rings is 1. The van der Waals surface area contributed by atoms with Gasteiger partial charge in [-0.05, 0) is 18.4 Å². The van der Waals surface area contributed by atoms with Crippen LogP contribution in [0.2, 0.25) is 0 Å². The van der Waals surface area contributed by atoms with Gasteiger partial charge in [-0.25, -0.2) is 9.78 Å². The summed E-state index contributed by atoms with van der Waals surface area (Å²) in [7, 11) is 0. The van der Waals surface area contributed by atoms with Crippen molar-refractivity contribution >= 4 is 23.1 Å². The molecule has 2 aromatic heterocycles. The van der Waals surface area contributed by atoms with Crippen LogP contribution in [0.3, 0.4) is 0 Å². The summed E-state index contributed by atoms with van der Waals surface area (Å²) >= 11 is 1.54. The van der Waals surface area contributed by atoms with Crippen molar-refractivity contribution in [3.8, 4) is 10.6 Å². The van der Waals surface area contributed by atoms with Crippen LogP contribution in [0.25, 0.3) is 10.6 Å². The van der Waals surface area contributed by atoms with Crippen LogP contribution in [0.5, 0.6) is 0 Å². The van der Waals surface area contributed by atoms with Crippen LogP contribution in [0.15, 0.2) is 29.9 Å². The van der Waals surface area contributed by atoms with E-state index in [0.29, 0.717) is 11.5 Å². The zero-order valence-corrected chi connectivity index (χ0v) is 11.0. The fourth-order valence-corrected chi connectivity index (χ4v) is 2.01. The van der Waals surface area contributed by atoms with E-state index >= 15 is 0 Å². The molecule has 0 aliphatic rings. The highest BCUT2D eigenvalue weighted by molar-refractivity contribution is 7.13. The molecule has 1 unspecified atom stereocenters. The molecule has 0 saturated heterocycles. The van der Waals surface area contributed by atoms with E-state index in [4.69, 9.17) is 5.11 Å². The van der Waals surface area contributed by atoms with Crippen molar-refractivity contribution in [2.75, 3.05) is 11.9 Å². The number of nitrogens with zero attached hydrogens (tertiary/aromatic N) is 2. The molecule has 2 rings (SSSR count). The summed E-state index contributed by atoms with van der Waals surface area (Å²) in [6.45, 7) is 1.07. The molecule has 6 nitrogen and oxygen atoms in total. The van der Waals surface area contributed by atoms with E-state index in [1.165, 1.54) is 24.5 Å². The van der Waals surface area contributed by atoms with Crippen molar-refractivity contribution in [2.45, 2.75) is 12.5 Å². The van der Waals surface area contributed by atoms with Gasteiger partial charge in [-0.15, -0.1) is 11.3 Å². The average molecular weight is 279 g/mol. The topological polar surface area (TPSA) is 95.3 Å². The normalized spacial score (nSPS) is 13.8. The van der Waals surface area contributed by atoms with Crippen LogP contribution in [0.4, 0.5) is 5.82 Å². The van der Waals surface area contributed by atoms with Crippen LogP contribution in [-0.4, -0.2) is 38.3 Å². The Morgan fingerprint density at radius 3 is 2.95 bits per heavy atom. The Kier molecular flexibility index (Phi) is 3.77. The Hall–Kier alpha value is -1.99. The summed E-state index contributed by atoms with van der Waals surface area (Å²) < 4.78 is 0. The van der Waals surface area contributed by atoms with Gasteiger partial charge in [0.05, 0.1) is 23.8 Å². The third-order valence-corrected chi connectivity index (χ3v) is 3.38. The summed E-state index contributed by atoms with van der Waals surface area (Å²) in [4.78, 5) is 20.1. The van der Waals surface area contributed by atoms with E-state index in [9.17, 15) is 9.90 Å². The minimum atomic E-state index is -1.85. The number of carboxylic acid groups (broad SMARTS) is 1. The summed E-state index contributed by atoms with van der Waals surface area (Å²) in [5, 5.41) is 23.1. The molecule has 3 N–H and O–H groups in total. The SMILES string of the molecule is CC(O)(CNc1cncc(-c2cccs2)n1)C(=O)O. The second-order valence-electron chi connectivity index (χ2n) is 4.20. The quantitative estimate of drug-likeness (QED) is 0.766. The highest BCUT2D eigenvalue weighted by Crippen LogP contribution is 2.22. The smallest absolute Gasteiger partial charge is 0.337 e. The molecule has 19 heavy (non-hydrogen) atoms. The Balaban J connectivity index is 2.10. The van der Waals surface area contributed by atoms with Gasteiger partial charge in [0.25, 0.3) is 0 Å². The maximum absolute atomic E-state index is 10.8. The lowest BCUT2D eigenvalue weighted by atomic mass is 10.1. The Labute approximate surface area is 113 Å². The van der Waals surface area contributed by atoms with E-state index in [0.717, 1.165) is 4.88 Å². The standard InChI is InChI=1S/C12H13N3O3S/c1-12(18,11(16)17)7-14-10-6-13-5-8(15-10)9-3-2-4-19-9/h2-6,18H,7H2,1H3,(H,14,15)(H,16,17). The monoisotopic (exact) mass is 279 g/mol. The lowest BCUT2D eigenvalue weighted by Crippen LogP contribution is -2.41. The summed E-state index contributed by atoms with van der Waals surface area (Å²) in [5.74, 6) is -0.866. The van der Waals surface area contributed by atoms with Crippen LogP contribution < -0.4 is 5.32 Å². The molecule has 1 atom stereocenters. The molecule has 0 aliphatic heterocycles. The molecule has 7 heteroatoms. The zero-order valence-electron chi connectivity index (χ0n) is 10.2. The van der Waals surface area contributed by atoms with Crippen LogP contribution in [0.1, 0.15) is 6.92 Å². The number of hydrogen-bond donors (Lipinski definition) is 3. The molecule has 0 amide bonds. The number of hydrogen-bond acceptors (Lipinski definition) is 6. The molecule has 0 radical (unpaired) electrons. The van der Waals surface area contributed by atoms with Gasteiger partial charge in [-0.1, -0.05) is 6.07 Å². The molecule has 0 spiro atoms. The Morgan fingerprint density at radius 2 is 2.32 bits per heavy atom. The molecule has 0 saturated carbocycles. The Morgan fingerprint density at radius 1 is 1.53 bits per heavy atom. The van der Waals surface area contributed by atoms with Crippen molar-refractivity contribution in [3.05, 3.63) is 29.9 Å². The molecule has 0 aliphatic carbocycles. The molecule has 0 aromatic carbocycles. The third-order valence-electron chi connectivity index (χ3n) is 2.48. The molecule has 2 aromatic rings. The molecule has 100 valence electrons. The number of aliphatic hydroxyl groups is 1. The minimum Gasteiger partial charge on any atom is -0.479 e. The Bertz CT molecular complexity index is 569. The molecule has 0 fully saturated rings.